The minimum atomic E-state index is -0.324. The zero-order chi connectivity index (χ0) is 17.5. The molecule has 0 radical (unpaired) electrons. The maximum absolute atomic E-state index is 12.1. The van der Waals surface area contributed by atoms with E-state index in [4.69, 9.17) is 23.2 Å². The first kappa shape index (κ1) is 18.0. The molecule has 0 saturated carbocycles. The van der Waals surface area contributed by atoms with Crippen molar-refractivity contribution < 1.29 is 9.59 Å². The highest BCUT2D eigenvalue weighted by atomic mass is 35.5. The van der Waals surface area contributed by atoms with Gasteiger partial charge in [0.05, 0.1) is 6.42 Å². The van der Waals surface area contributed by atoms with Crippen molar-refractivity contribution in [2.24, 2.45) is 0 Å². The van der Waals surface area contributed by atoms with E-state index in [1.54, 1.807) is 49.5 Å². The van der Waals surface area contributed by atoms with Crippen LogP contribution < -0.4 is 10.6 Å². The lowest BCUT2D eigenvalue weighted by atomic mass is 10.1. The van der Waals surface area contributed by atoms with Gasteiger partial charge in [0.1, 0.15) is 0 Å². The number of anilines is 1. The predicted octanol–water partition coefficient (Wildman–Crippen LogP) is 3.93. The second-order valence-corrected chi connectivity index (χ2v) is 5.84. The molecule has 2 amide bonds. The van der Waals surface area contributed by atoms with Gasteiger partial charge in [-0.2, -0.15) is 0 Å². The predicted molar refractivity (Wildman–Crippen MR) is 98.3 cm³/mol. The summed E-state index contributed by atoms with van der Waals surface area (Å²) in [6.07, 6.45) is 3.15. The minimum Gasteiger partial charge on any atom is -0.359 e. The molecule has 2 aromatic rings. The number of likely N-dealkylation sites (N-methyl/N-ethyl adjacent to an activating group) is 1. The third-order valence-electron chi connectivity index (χ3n) is 3.28. The van der Waals surface area contributed by atoms with E-state index in [-0.39, 0.29) is 18.2 Å². The van der Waals surface area contributed by atoms with Gasteiger partial charge < -0.3 is 10.6 Å². The molecule has 124 valence electrons. The first-order chi connectivity index (χ1) is 11.5. The molecule has 0 atom stereocenters. The minimum absolute atomic E-state index is 0.127. The van der Waals surface area contributed by atoms with Crippen LogP contribution in [0.3, 0.4) is 0 Å². The molecule has 6 heteroatoms. The van der Waals surface area contributed by atoms with Gasteiger partial charge in [-0.25, -0.2) is 0 Å². The van der Waals surface area contributed by atoms with E-state index in [2.05, 4.69) is 10.6 Å². The summed E-state index contributed by atoms with van der Waals surface area (Å²) in [6, 6.07) is 12.2. The average Bonchev–Trinajstić information content (AvgIpc) is 2.57. The van der Waals surface area contributed by atoms with Crippen LogP contribution in [0.2, 0.25) is 10.0 Å². The molecule has 0 aliphatic rings. The molecule has 0 heterocycles. The van der Waals surface area contributed by atoms with E-state index in [9.17, 15) is 9.59 Å². The zero-order valence-corrected chi connectivity index (χ0v) is 14.5. The molecule has 0 saturated heterocycles. The van der Waals surface area contributed by atoms with E-state index < -0.39 is 0 Å². The van der Waals surface area contributed by atoms with E-state index >= 15 is 0 Å². The Kier molecular flexibility index (Phi) is 6.41. The molecule has 0 aliphatic carbocycles. The molecule has 24 heavy (non-hydrogen) atoms. The molecule has 0 fully saturated rings. The smallest absolute Gasteiger partial charge is 0.248 e. The molecule has 0 aliphatic heterocycles. The molecule has 2 rings (SSSR count). The molecule has 0 spiro atoms. The van der Waals surface area contributed by atoms with Gasteiger partial charge >= 0.3 is 0 Å². The van der Waals surface area contributed by atoms with Gasteiger partial charge in [-0.1, -0.05) is 41.4 Å². The number of nitrogens with one attached hydrogen (secondary N) is 2. The molecule has 2 N–H and O–H groups in total. The Morgan fingerprint density at radius 1 is 1.12 bits per heavy atom. The summed E-state index contributed by atoms with van der Waals surface area (Å²) in [5.74, 6) is -0.451. The first-order valence-corrected chi connectivity index (χ1v) is 7.98. The van der Waals surface area contributed by atoms with Crippen molar-refractivity contribution in [1.29, 1.82) is 0 Å². The van der Waals surface area contributed by atoms with Crippen LogP contribution in [0, 0.1) is 0 Å². The van der Waals surface area contributed by atoms with Crippen molar-refractivity contribution in [3.63, 3.8) is 0 Å². The van der Waals surface area contributed by atoms with E-state index in [1.165, 1.54) is 6.08 Å². The monoisotopic (exact) mass is 362 g/mol. The van der Waals surface area contributed by atoms with Gasteiger partial charge in [0, 0.05) is 28.9 Å². The maximum atomic E-state index is 12.1. The van der Waals surface area contributed by atoms with Gasteiger partial charge in [-0.05, 0) is 41.5 Å². The quantitative estimate of drug-likeness (QED) is 0.791. The Balaban J connectivity index is 2.11. The second-order valence-electron chi connectivity index (χ2n) is 5.00. The lowest BCUT2D eigenvalue weighted by Gasteiger charge is -2.09. The van der Waals surface area contributed by atoms with E-state index in [0.29, 0.717) is 21.3 Å². The fourth-order valence-corrected chi connectivity index (χ4v) is 2.40. The van der Waals surface area contributed by atoms with Crippen LogP contribution in [-0.4, -0.2) is 18.9 Å². The molecule has 0 unspecified atom stereocenters. The van der Waals surface area contributed by atoms with Gasteiger partial charge in [0.15, 0.2) is 0 Å². The zero-order valence-electron chi connectivity index (χ0n) is 13.0. The van der Waals surface area contributed by atoms with Crippen molar-refractivity contribution in [2.45, 2.75) is 6.42 Å². The Hall–Kier alpha value is -2.30. The first-order valence-electron chi connectivity index (χ1n) is 7.22. The van der Waals surface area contributed by atoms with Crippen LogP contribution in [-0.2, 0) is 16.0 Å². The van der Waals surface area contributed by atoms with Gasteiger partial charge in [0.25, 0.3) is 0 Å². The van der Waals surface area contributed by atoms with Gasteiger partial charge in [0.2, 0.25) is 11.8 Å². The summed E-state index contributed by atoms with van der Waals surface area (Å²) in [4.78, 5) is 23.6. The highest BCUT2D eigenvalue weighted by molar-refractivity contribution is 6.34. The van der Waals surface area contributed by atoms with E-state index in [0.717, 1.165) is 5.56 Å². The van der Waals surface area contributed by atoms with Crippen LogP contribution in [0.5, 0.6) is 0 Å². The van der Waals surface area contributed by atoms with Crippen LogP contribution in [0.25, 0.3) is 6.08 Å². The number of carbonyl (C=O) groups is 2. The van der Waals surface area contributed by atoms with Crippen molar-refractivity contribution >= 4 is 46.8 Å². The molecule has 0 bridgehead atoms. The number of hydrogen-bond acceptors (Lipinski definition) is 2. The maximum Gasteiger partial charge on any atom is 0.248 e. The number of amides is 2. The van der Waals surface area contributed by atoms with Gasteiger partial charge in [-0.15, -0.1) is 0 Å². The van der Waals surface area contributed by atoms with Gasteiger partial charge in [-0.3, -0.25) is 9.59 Å². The second kappa shape index (κ2) is 8.52. The summed E-state index contributed by atoms with van der Waals surface area (Å²) < 4.78 is 0. The molecule has 4 nitrogen and oxygen atoms in total. The third kappa shape index (κ3) is 5.11. The highest BCUT2D eigenvalue weighted by Gasteiger charge is 2.08. The molecular formula is C18H16Cl2N2O2. The van der Waals surface area contributed by atoms with Crippen molar-refractivity contribution in [1.82, 2.24) is 5.32 Å². The van der Waals surface area contributed by atoms with Crippen LogP contribution in [0.4, 0.5) is 5.69 Å². The Morgan fingerprint density at radius 2 is 1.88 bits per heavy atom. The normalized spacial score (nSPS) is 10.6. The fraction of sp³-hybridized carbons (Fsp3) is 0.111. The standard InChI is InChI=1S/C18H16Cl2N2O2/c1-21-18(24)11-13-4-2-3-5-16(13)22-17(23)9-6-12-10-14(19)7-8-15(12)20/h2-10H,11H2,1H3,(H,21,24)(H,22,23). The number of para-hydroxylation sites is 1. The lowest BCUT2D eigenvalue weighted by molar-refractivity contribution is -0.120. The molecule has 0 aromatic heterocycles. The SMILES string of the molecule is CNC(=O)Cc1ccccc1NC(=O)C=Cc1cc(Cl)ccc1Cl. The summed E-state index contributed by atoms with van der Waals surface area (Å²) >= 11 is 12.0. The average molecular weight is 363 g/mol. The van der Waals surface area contributed by atoms with Crippen LogP contribution in [0.1, 0.15) is 11.1 Å². The summed E-state index contributed by atoms with van der Waals surface area (Å²) in [6.45, 7) is 0. The third-order valence-corrected chi connectivity index (χ3v) is 3.86. The van der Waals surface area contributed by atoms with Crippen molar-refractivity contribution in [2.75, 3.05) is 12.4 Å². The van der Waals surface area contributed by atoms with Crippen molar-refractivity contribution in [3.8, 4) is 0 Å². The Bertz CT molecular complexity index is 788. The summed E-state index contributed by atoms with van der Waals surface area (Å²) in [5.41, 5.74) is 1.98. The van der Waals surface area contributed by atoms with Crippen molar-refractivity contribution in [3.05, 3.63) is 69.7 Å². The number of hydrogen-bond donors (Lipinski definition) is 2. The molecule has 2 aromatic carbocycles. The van der Waals surface area contributed by atoms with Crippen LogP contribution >= 0.6 is 23.2 Å². The highest BCUT2D eigenvalue weighted by Crippen LogP contribution is 2.22. The fourth-order valence-electron chi connectivity index (χ4n) is 2.04. The Morgan fingerprint density at radius 3 is 2.62 bits per heavy atom. The van der Waals surface area contributed by atoms with E-state index in [1.807, 2.05) is 6.07 Å². The summed E-state index contributed by atoms with van der Waals surface area (Å²) in [5, 5.41) is 6.36. The Labute approximate surface area is 150 Å². The topological polar surface area (TPSA) is 58.2 Å². The largest absolute Gasteiger partial charge is 0.359 e. The number of rotatable bonds is 5. The van der Waals surface area contributed by atoms with Crippen LogP contribution in [0.15, 0.2) is 48.5 Å². The summed E-state index contributed by atoms with van der Waals surface area (Å²) in [7, 11) is 1.57. The number of benzene rings is 2. The number of carbonyl (C=O) groups excluding carboxylic acids is 2. The lowest BCUT2D eigenvalue weighted by Crippen LogP contribution is -2.21. The number of halogens is 2. The molecular weight excluding hydrogens is 347 g/mol.